The van der Waals surface area contributed by atoms with Crippen molar-refractivity contribution in [1.82, 2.24) is 0 Å². The van der Waals surface area contributed by atoms with E-state index < -0.39 is 27.4 Å². The molecule has 0 aliphatic carbocycles. The van der Waals surface area contributed by atoms with Crippen LogP contribution in [-0.4, -0.2) is 31.5 Å². The highest BCUT2D eigenvalue weighted by molar-refractivity contribution is 7.90. The molecule has 0 aromatic heterocycles. The lowest BCUT2D eigenvalue weighted by Crippen LogP contribution is -2.11. The minimum absolute atomic E-state index is 0.000718. The molecule has 2 rings (SSSR count). The van der Waals surface area contributed by atoms with E-state index in [9.17, 15) is 27.5 Å². The molecule has 0 radical (unpaired) electrons. The molecule has 0 atom stereocenters. The van der Waals surface area contributed by atoms with E-state index in [0.29, 0.717) is 0 Å². The van der Waals surface area contributed by atoms with Gasteiger partial charge in [-0.3, -0.25) is 4.79 Å². The molecule has 1 N–H and O–H groups in total. The van der Waals surface area contributed by atoms with Gasteiger partial charge in [0.2, 0.25) is 0 Å². The molecule has 0 aliphatic heterocycles. The summed E-state index contributed by atoms with van der Waals surface area (Å²) in [5.74, 6) is -2.59. The Labute approximate surface area is 144 Å². The fourth-order valence-electron chi connectivity index (χ4n) is 2.49. The number of Topliss-reactive ketones (excluding diaryl/α,β-unsaturated/α-hetero) is 1. The van der Waals surface area contributed by atoms with Crippen LogP contribution >= 0.6 is 0 Å². The number of ketones is 1. The average molecular weight is 362 g/mol. The van der Waals surface area contributed by atoms with Crippen LogP contribution in [-0.2, 0) is 19.4 Å². The van der Waals surface area contributed by atoms with Crippen molar-refractivity contribution in [2.75, 3.05) is 6.26 Å². The quantitative estimate of drug-likeness (QED) is 0.653. The van der Waals surface area contributed by atoms with Crippen LogP contribution in [0.5, 0.6) is 0 Å². The van der Waals surface area contributed by atoms with Gasteiger partial charge in [0.05, 0.1) is 10.5 Å². The van der Waals surface area contributed by atoms with E-state index in [1.807, 2.05) is 0 Å². The molecular weight excluding hydrogens is 347 g/mol. The van der Waals surface area contributed by atoms with Gasteiger partial charge in [0, 0.05) is 17.4 Å². The summed E-state index contributed by atoms with van der Waals surface area (Å²) in [4.78, 5) is 23.9. The highest BCUT2D eigenvalue weighted by Gasteiger charge is 2.25. The number of allylic oxidation sites excluding steroid dienone is 1. The van der Waals surface area contributed by atoms with Crippen molar-refractivity contribution in [3.8, 4) is 0 Å². The normalized spacial score (nSPS) is 12.4. The zero-order valence-corrected chi connectivity index (χ0v) is 14.3. The third kappa shape index (κ3) is 4.00. The number of carbonyl (C=O) groups excluding carboxylic acids is 1. The summed E-state index contributed by atoms with van der Waals surface area (Å²) in [5, 5.41) is 9.62. The third-order valence-corrected chi connectivity index (χ3v) is 4.66. The average Bonchev–Trinajstić information content (AvgIpc) is 2.52. The molecule has 0 aliphatic rings. The summed E-state index contributed by atoms with van der Waals surface area (Å²) in [5.41, 5.74) is -0.537. The second-order valence-corrected chi connectivity index (χ2v) is 7.37. The maximum Gasteiger partial charge on any atom is 0.337 e. The molecule has 0 spiro atoms. The number of carboxylic acids is 1. The summed E-state index contributed by atoms with van der Waals surface area (Å²) < 4.78 is 37.2. The number of sulfone groups is 1. The first-order valence-electron chi connectivity index (χ1n) is 7.17. The van der Waals surface area contributed by atoms with Crippen LogP contribution in [0.15, 0.2) is 53.4 Å². The van der Waals surface area contributed by atoms with Crippen LogP contribution in [0.4, 0.5) is 4.39 Å². The van der Waals surface area contributed by atoms with Crippen molar-refractivity contribution in [3.05, 3.63) is 65.5 Å². The van der Waals surface area contributed by atoms with E-state index in [0.717, 1.165) is 25.3 Å². The minimum Gasteiger partial charge on any atom is -0.478 e. The molecule has 130 valence electrons. The predicted molar refractivity (Wildman–Crippen MR) is 91.1 cm³/mol. The van der Waals surface area contributed by atoms with Crippen molar-refractivity contribution in [3.63, 3.8) is 0 Å². The van der Waals surface area contributed by atoms with Crippen LogP contribution in [0.2, 0.25) is 0 Å². The lowest BCUT2D eigenvalue weighted by molar-refractivity contribution is -0.130. The van der Waals surface area contributed by atoms with Gasteiger partial charge in [0.15, 0.2) is 15.6 Å². The number of carboxylic acid groups (broad SMARTS) is 1. The van der Waals surface area contributed by atoms with Gasteiger partial charge in [-0.15, -0.1) is 0 Å². The van der Waals surface area contributed by atoms with Crippen molar-refractivity contribution in [2.45, 2.75) is 11.8 Å². The number of rotatable bonds is 5. The Morgan fingerprint density at radius 1 is 0.960 bits per heavy atom. The van der Waals surface area contributed by atoms with Gasteiger partial charge in [0.25, 0.3) is 0 Å². The fourth-order valence-corrected chi connectivity index (χ4v) is 3.38. The third-order valence-electron chi connectivity index (χ3n) is 3.50. The maximum absolute atomic E-state index is 13.1. The topological polar surface area (TPSA) is 88.5 Å². The summed E-state index contributed by atoms with van der Waals surface area (Å²) >= 11 is 0. The molecule has 0 saturated carbocycles. The Morgan fingerprint density at radius 3 is 2.00 bits per heavy atom. The Bertz CT molecular complexity index is 973. The molecule has 2 aromatic rings. The first-order chi connectivity index (χ1) is 11.6. The number of benzene rings is 2. The zero-order chi connectivity index (χ0) is 18.8. The molecule has 25 heavy (non-hydrogen) atoms. The highest BCUT2D eigenvalue weighted by Crippen LogP contribution is 2.31. The van der Waals surface area contributed by atoms with Crippen molar-refractivity contribution in [2.24, 2.45) is 0 Å². The van der Waals surface area contributed by atoms with Gasteiger partial charge in [-0.1, -0.05) is 30.3 Å². The number of hydrogen-bond acceptors (Lipinski definition) is 4. The van der Waals surface area contributed by atoms with Crippen LogP contribution < -0.4 is 0 Å². The smallest absolute Gasteiger partial charge is 0.337 e. The molecule has 0 bridgehead atoms. The maximum atomic E-state index is 13.1. The molecule has 0 amide bonds. The zero-order valence-electron chi connectivity index (χ0n) is 13.5. The minimum atomic E-state index is -3.70. The van der Waals surface area contributed by atoms with Gasteiger partial charge in [-0.2, -0.15) is 0 Å². The van der Waals surface area contributed by atoms with Gasteiger partial charge >= 0.3 is 5.97 Å². The van der Waals surface area contributed by atoms with Crippen LogP contribution in [0, 0.1) is 5.82 Å². The summed E-state index contributed by atoms with van der Waals surface area (Å²) in [6.45, 7) is 1.15. The Morgan fingerprint density at radius 2 is 1.52 bits per heavy atom. The van der Waals surface area contributed by atoms with Crippen LogP contribution in [0.3, 0.4) is 0 Å². The van der Waals surface area contributed by atoms with Crippen molar-refractivity contribution < 1.29 is 27.5 Å². The van der Waals surface area contributed by atoms with E-state index in [1.54, 1.807) is 0 Å². The fraction of sp³-hybridized carbons (Fsp3) is 0.111. The van der Waals surface area contributed by atoms with Gasteiger partial charge < -0.3 is 5.11 Å². The van der Waals surface area contributed by atoms with Gasteiger partial charge in [0.1, 0.15) is 5.82 Å². The van der Waals surface area contributed by atoms with E-state index >= 15 is 0 Å². The molecule has 0 unspecified atom stereocenters. The van der Waals surface area contributed by atoms with Crippen molar-refractivity contribution in [1.29, 1.82) is 0 Å². The molecule has 0 heterocycles. The van der Waals surface area contributed by atoms with E-state index in [-0.39, 0.29) is 27.2 Å². The second kappa shape index (κ2) is 6.98. The van der Waals surface area contributed by atoms with Gasteiger partial charge in [-0.05, 0) is 30.7 Å². The molecule has 2 aromatic carbocycles. The lowest BCUT2D eigenvalue weighted by atomic mass is 9.92. The summed E-state index contributed by atoms with van der Waals surface area (Å²) in [6, 6.07) is 10.3. The van der Waals surface area contributed by atoms with Crippen LogP contribution in [0.1, 0.15) is 18.1 Å². The first kappa shape index (κ1) is 18.5. The molecule has 0 saturated heterocycles. The number of hydrogen-bond donors (Lipinski definition) is 1. The lowest BCUT2D eigenvalue weighted by Gasteiger charge is -2.14. The van der Waals surface area contributed by atoms with E-state index in [4.69, 9.17) is 0 Å². The van der Waals surface area contributed by atoms with E-state index in [1.165, 1.54) is 36.4 Å². The molecule has 7 heteroatoms. The Kier molecular flexibility index (Phi) is 5.18. The predicted octanol–water partition coefficient (Wildman–Crippen LogP) is 2.81. The van der Waals surface area contributed by atoms with E-state index in [2.05, 4.69) is 0 Å². The SMILES string of the molecule is CC(=O)C(=C(C(=O)O)c1ccc(F)cc1)c1ccccc1S(C)(=O)=O. The summed E-state index contributed by atoms with van der Waals surface area (Å²) in [7, 11) is -3.70. The number of aliphatic carboxylic acids is 1. The first-order valence-corrected chi connectivity index (χ1v) is 9.06. The monoisotopic (exact) mass is 362 g/mol. The molecular formula is C18H15FO5S. The van der Waals surface area contributed by atoms with Crippen molar-refractivity contribution >= 4 is 32.7 Å². The Hall–Kier alpha value is -2.80. The summed E-state index contributed by atoms with van der Waals surface area (Å²) in [6.07, 6.45) is 0.974. The number of halogens is 1. The standard InChI is InChI=1S/C18H15FO5S/c1-11(20)16(14-5-3-4-6-15(14)25(2,23)24)17(18(21)22)12-7-9-13(19)10-8-12/h3-10H,1-2H3,(H,21,22). The Balaban J connectivity index is 2.92. The molecule has 5 nitrogen and oxygen atoms in total. The second-order valence-electron chi connectivity index (χ2n) is 5.39. The highest BCUT2D eigenvalue weighted by atomic mass is 32.2. The largest absolute Gasteiger partial charge is 0.478 e. The van der Waals surface area contributed by atoms with Gasteiger partial charge in [-0.25, -0.2) is 17.6 Å². The number of carbonyl (C=O) groups is 2. The van der Waals surface area contributed by atoms with Crippen LogP contribution in [0.25, 0.3) is 11.1 Å². The molecule has 0 fully saturated rings.